The summed E-state index contributed by atoms with van der Waals surface area (Å²) in [5.41, 5.74) is 3.55. The number of nitrogens with zero attached hydrogens (tertiary/aromatic N) is 1. The molecular formula is C26H21ClN2O4. The Morgan fingerprint density at radius 3 is 2.70 bits per heavy atom. The Hall–Kier alpha value is -3.51. The van der Waals surface area contributed by atoms with Gasteiger partial charge in [-0.05, 0) is 41.0 Å². The highest BCUT2D eigenvalue weighted by molar-refractivity contribution is 6.30. The molecule has 3 heterocycles. The van der Waals surface area contributed by atoms with Crippen molar-refractivity contribution in [1.29, 1.82) is 0 Å². The van der Waals surface area contributed by atoms with Crippen molar-refractivity contribution >= 4 is 29.1 Å². The zero-order chi connectivity index (χ0) is 22.6. The molecule has 1 atom stereocenters. The van der Waals surface area contributed by atoms with Crippen LogP contribution in [0.2, 0.25) is 5.02 Å². The smallest absolute Gasteiger partial charge is 0.246 e. The molecule has 6 nitrogen and oxygen atoms in total. The van der Waals surface area contributed by atoms with Crippen molar-refractivity contribution in [1.82, 2.24) is 5.32 Å². The fourth-order valence-corrected chi connectivity index (χ4v) is 5.13. The highest BCUT2D eigenvalue weighted by Crippen LogP contribution is 2.53. The first-order valence-corrected chi connectivity index (χ1v) is 11.3. The Morgan fingerprint density at radius 2 is 1.85 bits per heavy atom. The molecule has 0 bridgehead atoms. The lowest BCUT2D eigenvalue weighted by Crippen LogP contribution is -2.46. The molecule has 0 aromatic heterocycles. The number of ether oxygens (including phenoxy) is 2. The van der Waals surface area contributed by atoms with E-state index >= 15 is 0 Å². The summed E-state index contributed by atoms with van der Waals surface area (Å²) in [4.78, 5) is 28.3. The third-order valence-electron chi connectivity index (χ3n) is 6.67. The number of hydrogen-bond donors (Lipinski definition) is 1. The van der Waals surface area contributed by atoms with Crippen molar-refractivity contribution in [3.05, 3.63) is 87.9 Å². The van der Waals surface area contributed by atoms with Gasteiger partial charge in [-0.3, -0.25) is 9.59 Å². The molecule has 0 radical (unpaired) electrons. The van der Waals surface area contributed by atoms with Crippen LogP contribution in [0.4, 0.5) is 5.69 Å². The lowest BCUT2D eigenvalue weighted by molar-refractivity contribution is -0.125. The Labute approximate surface area is 196 Å². The van der Waals surface area contributed by atoms with Crippen LogP contribution in [0.25, 0.3) is 0 Å². The van der Waals surface area contributed by atoms with E-state index in [1.54, 1.807) is 17.0 Å². The van der Waals surface area contributed by atoms with Crippen LogP contribution in [0, 0.1) is 0 Å². The van der Waals surface area contributed by atoms with Crippen molar-refractivity contribution < 1.29 is 19.1 Å². The first kappa shape index (κ1) is 20.1. The number of amides is 2. The van der Waals surface area contributed by atoms with Gasteiger partial charge in [-0.1, -0.05) is 41.9 Å². The summed E-state index contributed by atoms with van der Waals surface area (Å²) in [6.45, 7) is 1.15. The van der Waals surface area contributed by atoms with E-state index in [0.717, 1.165) is 40.1 Å². The van der Waals surface area contributed by atoms with E-state index in [0.29, 0.717) is 23.9 Å². The summed E-state index contributed by atoms with van der Waals surface area (Å²) in [7, 11) is 0. The third-order valence-corrected chi connectivity index (χ3v) is 6.92. The second kappa shape index (κ2) is 7.52. The van der Waals surface area contributed by atoms with Gasteiger partial charge >= 0.3 is 0 Å². The highest BCUT2D eigenvalue weighted by atomic mass is 35.5. The summed E-state index contributed by atoms with van der Waals surface area (Å²) in [6, 6.07) is 18.9. The summed E-state index contributed by atoms with van der Waals surface area (Å²) >= 11 is 5.93. The van der Waals surface area contributed by atoms with E-state index in [1.807, 2.05) is 48.5 Å². The molecule has 3 aromatic rings. The number of halogens is 1. The minimum atomic E-state index is -0.944. The van der Waals surface area contributed by atoms with Crippen LogP contribution in [0.3, 0.4) is 0 Å². The maximum absolute atomic E-state index is 13.9. The predicted molar refractivity (Wildman–Crippen MR) is 124 cm³/mol. The van der Waals surface area contributed by atoms with Gasteiger partial charge in [0, 0.05) is 35.3 Å². The fourth-order valence-electron chi connectivity index (χ4n) is 5.01. The molecule has 7 heteroatoms. The van der Waals surface area contributed by atoms with E-state index in [2.05, 4.69) is 5.32 Å². The number of fused-ring (bicyclic) bond motifs is 5. The maximum Gasteiger partial charge on any atom is 0.246 e. The number of hydrogen-bond acceptors (Lipinski definition) is 4. The van der Waals surface area contributed by atoms with Crippen LogP contribution in [0.1, 0.15) is 22.3 Å². The molecule has 0 fully saturated rings. The molecule has 3 aliphatic rings. The molecule has 166 valence electrons. The van der Waals surface area contributed by atoms with Crippen molar-refractivity contribution in [3.63, 3.8) is 0 Å². The normalized spacial score (nSPS) is 19.7. The molecule has 2 amide bonds. The maximum atomic E-state index is 13.9. The number of anilines is 1. The first-order valence-electron chi connectivity index (χ1n) is 10.9. The van der Waals surface area contributed by atoms with E-state index in [1.165, 1.54) is 0 Å². The molecule has 3 aromatic carbocycles. The van der Waals surface area contributed by atoms with Crippen molar-refractivity contribution in [2.24, 2.45) is 0 Å². The van der Waals surface area contributed by atoms with Gasteiger partial charge < -0.3 is 19.7 Å². The SMILES string of the molecule is O=C(CN1C(=O)C2(COc3cc4c(cc32)CCO4)c2ccccc21)NCc1ccc(Cl)cc1. The van der Waals surface area contributed by atoms with E-state index in [9.17, 15) is 9.59 Å². The van der Waals surface area contributed by atoms with Crippen molar-refractivity contribution in [2.45, 2.75) is 18.4 Å². The van der Waals surface area contributed by atoms with E-state index in [-0.39, 0.29) is 25.0 Å². The second-order valence-electron chi connectivity index (χ2n) is 8.56. The average Bonchev–Trinajstić information content (AvgIpc) is 3.50. The fraction of sp³-hybridized carbons (Fsp3) is 0.231. The van der Waals surface area contributed by atoms with Gasteiger partial charge in [0.05, 0.1) is 6.61 Å². The highest BCUT2D eigenvalue weighted by Gasteiger charge is 2.57. The van der Waals surface area contributed by atoms with Crippen LogP contribution in [-0.2, 0) is 28.0 Å². The van der Waals surface area contributed by atoms with Crippen LogP contribution >= 0.6 is 11.6 Å². The molecule has 0 saturated carbocycles. The molecule has 0 aliphatic carbocycles. The number of rotatable bonds is 4. The zero-order valence-corrected chi connectivity index (χ0v) is 18.5. The standard InChI is InChI=1S/C26H21ClN2O4/c27-18-7-5-16(6-8-18)13-28-24(30)14-29-21-4-2-1-3-19(21)26(25(29)31)15-33-23-12-22-17(9-10-32-22)11-20(23)26/h1-8,11-12H,9-10,13-15H2,(H,28,30). The minimum Gasteiger partial charge on any atom is -0.493 e. The largest absolute Gasteiger partial charge is 0.493 e. The van der Waals surface area contributed by atoms with Gasteiger partial charge in [-0.2, -0.15) is 0 Å². The van der Waals surface area contributed by atoms with E-state index in [4.69, 9.17) is 21.1 Å². The number of carbonyl (C=O) groups excluding carboxylic acids is 2. The number of benzene rings is 3. The summed E-state index contributed by atoms with van der Waals surface area (Å²) < 4.78 is 11.7. The number of carbonyl (C=O) groups is 2. The molecule has 3 aliphatic heterocycles. The summed E-state index contributed by atoms with van der Waals surface area (Å²) in [6.07, 6.45) is 0.811. The average molecular weight is 461 g/mol. The van der Waals surface area contributed by atoms with Gasteiger partial charge in [0.2, 0.25) is 11.8 Å². The van der Waals surface area contributed by atoms with Crippen LogP contribution in [0.5, 0.6) is 11.5 Å². The summed E-state index contributed by atoms with van der Waals surface area (Å²) in [5, 5.41) is 3.55. The first-order chi connectivity index (χ1) is 16.1. The van der Waals surface area contributed by atoms with Crippen LogP contribution in [0.15, 0.2) is 60.7 Å². The molecule has 0 saturated heterocycles. The minimum absolute atomic E-state index is 0.0609. The number of nitrogens with one attached hydrogen (secondary N) is 1. The van der Waals surface area contributed by atoms with Gasteiger partial charge in [0.15, 0.2) is 0 Å². The van der Waals surface area contributed by atoms with Crippen molar-refractivity contribution in [2.75, 3.05) is 24.7 Å². The predicted octanol–water partition coefficient (Wildman–Crippen LogP) is 3.62. The zero-order valence-electron chi connectivity index (χ0n) is 17.8. The molecule has 33 heavy (non-hydrogen) atoms. The summed E-state index contributed by atoms with van der Waals surface area (Å²) in [5.74, 6) is 1.13. The van der Waals surface area contributed by atoms with Crippen molar-refractivity contribution in [3.8, 4) is 11.5 Å². The molecule has 6 rings (SSSR count). The lowest BCUT2D eigenvalue weighted by atomic mass is 9.76. The molecule has 1 unspecified atom stereocenters. The van der Waals surface area contributed by atoms with Gasteiger partial charge in [0.25, 0.3) is 0 Å². The Bertz CT molecular complexity index is 1290. The second-order valence-corrected chi connectivity index (χ2v) is 9.00. The van der Waals surface area contributed by atoms with Crippen LogP contribution < -0.4 is 19.7 Å². The van der Waals surface area contributed by atoms with Gasteiger partial charge in [-0.25, -0.2) is 0 Å². The molecule has 1 spiro atoms. The Morgan fingerprint density at radius 1 is 1.03 bits per heavy atom. The van der Waals surface area contributed by atoms with Gasteiger partial charge in [0.1, 0.15) is 30.1 Å². The monoisotopic (exact) mass is 460 g/mol. The topological polar surface area (TPSA) is 67.9 Å². The molecular weight excluding hydrogens is 440 g/mol. The molecule has 1 N–H and O–H groups in total. The van der Waals surface area contributed by atoms with Gasteiger partial charge in [-0.15, -0.1) is 0 Å². The van der Waals surface area contributed by atoms with E-state index < -0.39 is 5.41 Å². The lowest BCUT2D eigenvalue weighted by Gasteiger charge is -2.23. The quantitative estimate of drug-likeness (QED) is 0.645. The Kier molecular flexibility index (Phi) is 4.59. The number of para-hydroxylation sites is 1. The third kappa shape index (κ3) is 3.09. The van der Waals surface area contributed by atoms with Crippen LogP contribution in [-0.4, -0.2) is 31.6 Å². The Balaban J connectivity index is 1.30.